The van der Waals surface area contributed by atoms with Gasteiger partial charge in [0.05, 0.1) is 18.8 Å². The molecule has 0 bridgehead atoms. The number of aryl methyl sites for hydroxylation is 1. The molecule has 0 saturated heterocycles. The van der Waals surface area contributed by atoms with Gasteiger partial charge in [-0.25, -0.2) is 4.68 Å². The molecule has 0 radical (unpaired) electrons. The average molecular weight is 266 g/mol. The van der Waals surface area contributed by atoms with Crippen LogP contribution >= 0.6 is 11.3 Å². The van der Waals surface area contributed by atoms with E-state index in [-0.39, 0.29) is 6.61 Å². The lowest BCUT2D eigenvalue weighted by atomic mass is 10.2. The van der Waals surface area contributed by atoms with E-state index in [1.165, 1.54) is 10.4 Å². The molecule has 0 saturated carbocycles. The van der Waals surface area contributed by atoms with Crippen LogP contribution in [-0.2, 0) is 26.1 Å². The van der Waals surface area contributed by atoms with Gasteiger partial charge in [0.1, 0.15) is 0 Å². The molecule has 0 unspecified atom stereocenters. The van der Waals surface area contributed by atoms with Crippen molar-refractivity contribution >= 4 is 11.3 Å². The summed E-state index contributed by atoms with van der Waals surface area (Å²) < 4.78 is 1.65. The van der Waals surface area contributed by atoms with Crippen LogP contribution in [0.2, 0.25) is 0 Å². The van der Waals surface area contributed by atoms with E-state index in [4.69, 9.17) is 5.11 Å². The number of thiophene rings is 1. The Balaban J connectivity index is 1.81. The zero-order valence-corrected chi connectivity index (χ0v) is 11.3. The molecule has 0 aliphatic heterocycles. The molecule has 5 nitrogen and oxygen atoms in total. The molecule has 0 aliphatic carbocycles. The van der Waals surface area contributed by atoms with Gasteiger partial charge in [0, 0.05) is 24.2 Å². The summed E-state index contributed by atoms with van der Waals surface area (Å²) in [6, 6.07) is 2.18. The summed E-state index contributed by atoms with van der Waals surface area (Å²) in [5.41, 5.74) is 2.31. The third kappa shape index (κ3) is 3.38. The number of nitrogens with one attached hydrogen (secondary N) is 1. The highest BCUT2D eigenvalue weighted by atomic mass is 32.1. The number of rotatable bonds is 7. The van der Waals surface area contributed by atoms with Crippen molar-refractivity contribution < 1.29 is 5.11 Å². The van der Waals surface area contributed by atoms with Gasteiger partial charge in [-0.1, -0.05) is 12.1 Å². The summed E-state index contributed by atoms with van der Waals surface area (Å²) >= 11 is 1.79. The van der Waals surface area contributed by atoms with E-state index in [1.807, 2.05) is 6.20 Å². The number of nitrogens with zero attached hydrogens (tertiary/aromatic N) is 3. The van der Waals surface area contributed by atoms with Crippen LogP contribution in [0.1, 0.15) is 23.1 Å². The normalized spacial score (nSPS) is 11.0. The van der Waals surface area contributed by atoms with E-state index in [0.717, 1.165) is 18.7 Å². The van der Waals surface area contributed by atoms with Gasteiger partial charge in [0.25, 0.3) is 0 Å². The Kier molecular flexibility index (Phi) is 4.86. The lowest BCUT2D eigenvalue weighted by Gasteiger charge is -2.02. The highest BCUT2D eigenvalue weighted by Crippen LogP contribution is 2.16. The van der Waals surface area contributed by atoms with Crippen molar-refractivity contribution in [1.29, 1.82) is 0 Å². The molecule has 2 aromatic heterocycles. The first kappa shape index (κ1) is 13.2. The maximum atomic E-state index is 8.78. The Morgan fingerprint density at radius 2 is 2.33 bits per heavy atom. The third-order valence-electron chi connectivity index (χ3n) is 2.73. The van der Waals surface area contributed by atoms with Crippen molar-refractivity contribution in [3.63, 3.8) is 0 Å². The fourth-order valence-electron chi connectivity index (χ4n) is 1.77. The van der Waals surface area contributed by atoms with Crippen LogP contribution in [-0.4, -0.2) is 26.7 Å². The van der Waals surface area contributed by atoms with E-state index in [0.29, 0.717) is 13.1 Å². The average Bonchev–Trinajstić information content (AvgIpc) is 2.99. The minimum atomic E-state index is 0.0886. The van der Waals surface area contributed by atoms with Crippen LogP contribution < -0.4 is 5.32 Å². The second kappa shape index (κ2) is 6.63. The van der Waals surface area contributed by atoms with Crippen LogP contribution in [0.5, 0.6) is 0 Å². The van der Waals surface area contributed by atoms with Gasteiger partial charge >= 0.3 is 0 Å². The first-order valence-corrected chi connectivity index (χ1v) is 6.97. The molecule has 6 heteroatoms. The fourth-order valence-corrected chi connectivity index (χ4v) is 2.72. The molecule has 98 valence electrons. The lowest BCUT2D eigenvalue weighted by Crippen LogP contribution is -2.13. The Bertz CT molecular complexity index is 480. The summed E-state index contributed by atoms with van der Waals surface area (Å²) in [6.07, 6.45) is 2.94. The Morgan fingerprint density at radius 1 is 1.44 bits per heavy atom. The van der Waals surface area contributed by atoms with Gasteiger partial charge in [-0.2, -0.15) is 0 Å². The van der Waals surface area contributed by atoms with Crippen molar-refractivity contribution in [2.45, 2.75) is 33.0 Å². The number of hydrogen-bond donors (Lipinski definition) is 2. The Morgan fingerprint density at radius 3 is 3.11 bits per heavy atom. The van der Waals surface area contributed by atoms with Gasteiger partial charge in [0.15, 0.2) is 0 Å². The standard InChI is InChI=1S/C12H18N4OS/c1-2-10-3-6-18-12(10)8-13-7-11-9-16(4-5-17)15-14-11/h3,6,9,13,17H,2,4-5,7-8H2,1H3. The Labute approximate surface area is 110 Å². The minimum absolute atomic E-state index is 0.0886. The fraction of sp³-hybridized carbons (Fsp3) is 0.500. The van der Waals surface area contributed by atoms with Gasteiger partial charge in [-0.15, -0.1) is 16.4 Å². The maximum Gasteiger partial charge on any atom is 0.0964 e. The first-order chi connectivity index (χ1) is 8.83. The van der Waals surface area contributed by atoms with Crippen LogP contribution in [0.15, 0.2) is 17.6 Å². The number of aliphatic hydroxyl groups is 1. The molecule has 0 atom stereocenters. The molecule has 2 aromatic rings. The van der Waals surface area contributed by atoms with Crippen molar-refractivity contribution in [2.24, 2.45) is 0 Å². The number of aliphatic hydroxyl groups excluding tert-OH is 1. The monoisotopic (exact) mass is 266 g/mol. The van der Waals surface area contributed by atoms with Crippen LogP contribution in [0.4, 0.5) is 0 Å². The van der Waals surface area contributed by atoms with Gasteiger partial charge in [-0.05, 0) is 23.4 Å². The SMILES string of the molecule is CCc1ccsc1CNCc1cn(CCO)nn1. The quantitative estimate of drug-likeness (QED) is 0.790. The first-order valence-electron chi connectivity index (χ1n) is 6.09. The molecular weight excluding hydrogens is 248 g/mol. The largest absolute Gasteiger partial charge is 0.394 e. The predicted octanol–water partition coefficient (Wildman–Crippen LogP) is 1.18. The van der Waals surface area contributed by atoms with Crippen molar-refractivity contribution in [2.75, 3.05) is 6.61 Å². The van der Waals surface area contributed by atoms with Crippen LogP contribution in [0.3, 0.4) is 0 Å². The highest BCUT2D eigenvalue weighted by molar-refractivity contribution is 7.10. The molecule has 0 aliphatic rings. The van der Waals surface area contributed by atoms with Crippen molar-refractivity contribution in [3.8, 4) is 0 Å². The Hall–Kier alpha value is -1.24. The molecule has 0 fully saturated rings. The van der Waals surface area contributed by atoms with Crippen molar-refractivity contribution in [3.05, 3.63) is 33.8 Å². The van der Waals surface area contributed by atoms with E-state index in [2.05, 4.69) is 34.0 Å². The zero-order valence-electron chi connectivity index (χ0n) is 10.5. The summed E-state index contributed by atoms with van der Waals surface area (Å²) in [5, 5.41) is 22.2. The van der Waals surface area contributed by atoms with E-state index in [9.17, 15) is 0 Å². The van der Waals surface area contributed by atoms with Gasteiger partial charge < -0.3 is 10.4 Å². The summed E-state index contributed by atoms with van der Waals surface area (Å²) in [4.78, 5) is 1.39. The molecule has 0 aromatic carbocycles. The highest BCUT2D eigenvalue weighted by Gasteiger charge is 2.03. The molecule has 0 amide bonds. The zero-order chi connectivity index (χ0) is 12.8. The van der Waals surface area contributed by atoms with Gasteiger partial charge in [0.2, 0.25) is 0 Å². The number of aromatic nitrogens is 3. The number of hydrogen-bond acceptors (Lipinski definition) is 5. The molecule has 18 heavy (non-hydrogen) atoms. The van der Waals surface area contributed by atoms with Crippen molar-refractivity contribution in [1.82, 2.24) is 20.3 Å². The topological polar surface area (TPSA) is 63.0 Å². The molecule has 2 heterocycles. The minimum Gasteiger partial charge on any atom is -0.394 e. The van der Waals surface area contributed by atoms with Crippen LogP contribution in [0.25, 0.3) is 0 Å². The third-order valence-corrected chi connectivity index (χ3v) is 3.69. The molecular formula is C12H18N4OS. The molecule has 0 spiro atoms. The van der Waals surface area contributed by atoms with Gasteiger partial charge in [-0.3, -0.25) is 0 Å². The lowest BCUT2D eigenvalue weighted by molar-refractivity contribution is 0.268. The van der Waals surface area contributed by atoms with E-state index < -0.39 is 0 Å². The van der Waals surface area contributed by atoms with E-state index >= 15 is 0 Å². The summed E-state index contributed by atoms with van der Waals surface area (Å²) in [6.45, 7) is 4.33. The van der Waals surface area contributed by atoms with Crippen LogP contribution in [0, 0.1) is 0 Å². The second-order valence-electron chi connectivity index (χ2n) is 4.02. The smallest absolute Gasteiger partial charge is 0.0964 e. The molecule has 2 N–H and O–H groups in total. The second-order valence-corrected chi connectivity index (χ2v) is 5.02. The maximum absolute atomic E-state index is 8.78. The summed E-state index contributed by atoms with van der Waals surface area (Å²) in [5.74, 6) is 0. The predicted molar refractivity (Wildman–Crippen MR) is 71.3 cm³/mol. The van der Waals surface area contributed by atoms with E-state index in [1.54, 1.807) is 16.0 Å². The summed E-state index contributed by atoms with van der Waals surface area (Å²) in [7, 11) is 0. The molecule has 2 rings (SSSR count).